The van der Waals surface area contributed by atoms with Gasteiger partial charge in [-0.05, 0) is 12.5 Å². The van der Waals surface area contributed by atoms with Gasteiger partial charge in [-0.2, -0.15) is 0 Å². The molecule has 0 amide bonds. The Morgan fingerprint density at radius 1 is 1.73 bits per heavy atom. The van der Waals surface area contributed by atoms with E-state index in [-0.39, 0.29) is 4.45 Å². The second kappa shape index (κ2) is 3.39. The minimum Gasteiger partial charge on any atom is -0.270 e. The van der Waals surface area contributed by atoms with Crippen molar-refractivity contribution in [3.63, 3.8) is 0 Å². The molecule has 1 aliphatic rings. The van der Waals surface area contributed by atoms with Crippen LogP contribution in [0.4, 0.5) is 0 Å². The molecule has 1 unspecified atom stereocenters. The van der Waals surface area contributed by atoms with Gasteiger partial charge in [-0.3, -0.25) is 5.84 Å². The molecule has 4 heteroatoms. The fourth-order valence-electron chi connectivity index (χ4n) is 0.871. The standard InChI is InChI=1S/C7H10Br2N2/c1-5-2-3-7(9,11-10)4-6(5)8/h2-3,11H,4,10H2,1H3. The monoisotopic (exact) mass is 280 g/mol. The summed E-state index contributed by atoms with van der Waals surface area (Å²) >= 11 is 6.95. The summed E-state index contributed by atoms with van der Waals surface area (Å²) < 4.78 is 0.903. The van der Waals surface area contributed by atoms with Crippen molar-refractivity contribution in [3.05, 3.63) is 22.2 Å². The topological polar surface area (TPSA) is 38.0 Å². The van der Waals surface area contributed by atoms with Gasteiger partial charge in [0.15, 0.2) is 0 Å². The predicted octanol–water partition coefficient (Wildman–Crippen LogP) is 2.17. The Morgan fingerprint density at radius 3 is 2.82 bits per heavy atom. The van der Waals surface area contributed by atoms with E-state index in [1.165, 1.54) is 10.1 Å². The van der Waals surface area contributed by atoms with E-state index in [2.05, 4.69) is 44.2 Å². The van der Waals surface area contributed by atoms with Gasteiger partial charge in [0, 0.05) is 10.9 Å². The third-order valence-electron chi connectivity index (χ3n) is 1.68. The first kappa shape index (κ1) is 9.45. The van der Waals surface area contributed by atoms with Gasteiger partial charge < -0.3 is 0 Å². The van der Waals surface area contributed by atoms with Crippen LogP contribution in [0.5, 0.6) is 0 Å². The lowest BCUT2D eigenvalue weighted by molar-refractivity contribution is 0.580. The molecule has 0 aliphatic heterocycles. The number of hydrogen-bond acceptors (Lipinski definition) is 2. The molecule has 0 aromatic carbocycles. The maximum atomic E-state index is 5.35. The molecule has 11 heavy (non-hydrogen) atoms. The smallest absolute Gasteiger partial charge is 0.110 e. The molecule has 0 fully saturated rings. The summed E-state index contributed by atoms with van der Waals surface area (Å²) in [5, 5.41) is 0. The van der Waals surface area contributed by atoms with Gasteiger partial charge in [-0.15, -0.1) is 0 Å². The fraction of sp³-hybridized carbons (Fsp3) is 0.429. The number of nitrogens with one attached hydrogen (secondary N) is 1. The van der Waals surface area contributed by atoms with Gasteiger partial charge >= 0.3 is 0 Å². The average molecular weight is 282 g/mol. The molecule has 1 aliphatic carbocycles. The lowest BCUT2D eigenvalue weighted by atomic mass is 10.0. The number of halogens is 2. The molecular formula is C7H10Br2N2. The van der Waals surface area contributed by atoms with Crippen LogP contribution in [0.1, 0.15) is 13.3 Å². The molecule has 0 heterocycles. The third-order valence-corrected chi connectivity index (χ3v) is 3.36. The van der Waals surface area contributed by atoms with Crippen LogP contribution in [0.15, 0.2) is 22.2 Å². The minimum atomic E-state index is -0.272. The second-order valence-electron chi connectivity index (χ2n) is 2.60. The molecule has 3 N–H and O–H groups in total. The number of nitrogens with two attached hydrogens (primary N) is 1. The van der Waals surface area contributed by atoms with E-state index >= 15 is 0 Å². The highest BCUT2D eigenvalue weighted by Crippen LogP contribution is 2.33. The fourth-order valence-corrected chi connectivity index (χ4v) is 2.23. The van der Waals surface area contributed by atoms with Crippen molar-refractivity contribution in [3.8, 4) is 0 Å². The van der Waals surface area contributed by atoms with Crippen LogP contribution >= 0.6 is 31.9 Å². The minimum absolute atomic E-state index is 0.272. The highest BCUT2D eigenvalue weighted by Gasteiger charge is 2.25. The Labute approximate surface area is 83.1 Å². The van der Waals surface area contributed by atoms with E-state index in [4.69, 9.17) is 5.84 Å². The van der Waals surface area contributed by atoms with Crippen molar-refractivity contribution in [2.75, 3.05) is 0 Å². The normalized spacial score (nSPS) is 31.3. The van der Waals surface area contributed by atoms with Crippen molar-refractivity contribution in [2.45, 2.75) is 17.8 Å². The van der Waals surface area contributed by atoms with E-state index in [0.29, 0.717) is 0 Å². The molecule has 2 nitrogen and oxygen atoms in total. The van der Waals surface area contributed by atoms with Crippen LogP contribution in [-0.4, -0.2) is 4.45 Å². The molecule has 0 radical (unpaired) electrons. The molecule has 0 spiro atoms. The first-order valence-electron chi connectivity index (χ1n) is 3.28. The first-order valence-corrected chi connectivity index (χ1v) is 4.87. The SMILES string of the molecule is CC1=C(Br)CC(Br)(NN)C=C1. The zero-order chi connectivity index (χ0) is 8.48. The molecule has 0 saturated carbocycles. The summed E-state index contributed by atoms with van der Waals surface area (Å²) in [7, 11) is 0. The first-order chi connectivity index (χ1) is 5.07. The molecule has 1 atom stereocenters. The summed E-state index contributed by atoms with van der Waals surface area (Å²) in [6.07, 6.45) is 4.88. The second-order valence-corrected chi connectivity index (χ2v) is 4.98. The van der Waals surface area contributed by atoms with E-state index < -0.39 is 0 Å². The quantitative estimate of drug-likeness (QED) is 0.335. The zero-order valence-electron chi connectivity index (χ0n) is 6.20. The van der Waals surface area contributed by atoms with Gasteiger partial charge in [0.2, 0.25) is 0 Å². The van der Waals surface area contributed by atoms with E-state index in [1.807, 2.05) is 12.2 Å². The van der Waals surface area contributed by atoms with Gasteiger partial charge in [-0.1, -0.05) is 44.0 Å². The van der Waals surface area contributed by atoms with Crippen LogP contribution in [-0.2, 0) is 0 Å². The largest absolute Gasteiger partial charge is 0.270 e. The maximum absolute atomic E-state index is 5.35. The van der Waals surface area contributed by atoms with Crippen molar-refractivity contribution in [2.24, 2.45) is 5.84 Å². The van der Waals surface area contributed by atoms with Gasteiger partial charge in [0.1, 0.15) is 4.45 Å². The summed E-state index contributed by atoms with van der Waals surface area (Å²) in [5.74, 6) is 5.35. The van der Waals surface area contributed by atoms with E-state index in [0.717, 1.165) is 6.42 Å². The van der Waals surface area contributed by atoms with E-state index in [1.54, 1.807) is 0 Å². The lowest BCUT2D eigenvalue weighted by Crippen LogP contribution is -2.43. The number of rotatable bonds is 1. The van der Waals surface area contributed by atoms with Crippen LogP contribution < -0.4 is 11.3 Å². The Hall–Kier alpha value is 0.360. The van der Waals surface area contributed by atoms with E-state index in [9.17, 15) is 0 Å². The van der Waals surface area contributed by atoms with Crippen LogP contribution in [0.2, 0.25) is 0 Å². The van der Waals surface area contributed by atoms with Crippen LogP contribution in [0, 0.1) is 0 Å². The Balaban J connectivity index is 2.81. The highest BCUT2D eigenvalue weighted by molar-refractivity contribution is 9.12. The Bertz CT molecular complexity index is 222. The van der Waals surface area contributed by atoms with Gasteiger partial charge in [0.25, 0.3) is 0 Å². The van der Waals surface area contributed by atoms with Gasteiger partial charge in [-0.25, -0.2) is 5.43 Å². The lowest BCUT2D eigenvalue weighted by Gasteiger charge is -2.26. The molecule has 1 rings (SSSR count). The molecule has 0 saturated heterocycles. The molecular weight excluding hydrogens is 272 g/mol. The van der Waals surface area contributed by atoms with Gasteiger partial charge in [0.05, 0.1) is 0 Å². The average Bonchev–Trinajstić information content (AvgIpc) is 1.98. The van der Waals surface area contributed by atoms with Crippen molar-refractivity contribution in [1.82, 2.24) is 5.43 Å². The predicted molar refractivity (Wildman–Crippen MR) is 54.4 cm³/mol. The summed E-state index contributed by atoms with van der Waals surface area (Å²) in [6, 6.07) is 0. The third kappa shape index (κ3) is 2.15. The maximum Gasteiger partial charge on any atom is 0.110 e. The Kier molecular flexibility index (Phi) is 2.91. The molecule has 62 valence electrons. The van der Waals surface area contributed by atoms with Crippen molar-refractivity contribution in [1.29, 1.82) is 0 Å². The van der Waals surface area contributed by atoms with Crippen LogP contribution in [0.25, 0.3) is 0 Å². The number of alkyl halides is 1. The zero-order valence-corrected chi connectivity index (χ0v) is 9.37. The summed E-state index contributed by atoms with van der Waals surface area (Å²) in [4.78, 5) is 0. The molecule has 0 aromatic rings. The molecule has 0 bridgehead atoms. The summed E-state index contributed by atoms with van der Waals surface area (Å²) in [5.41, 5.74) is 3.94. The highest BCUT2D eigenvalue weighted by atomic mass is 79.9. The Morgan fingerprint density at radius 2 is 2.36 bits per heavy atom. The van der Waals surface area contributed by atoms with Crippen molar-refractivity contribution < 1.29 is 0 Å². The number of hydrazine groups is 1. The van der Waals surface area contributed by atoms with Crippen molar-refractivity contribution >= 4 is 31.9 Å². The van der Waals surface area contributed by atoms with Crippen LogP contribution in [0.3, 0.4) is 0 Å². The molecule has 0 aromatic heterocycles. The number of hydrogen-bond donors (Lipinski definition) is 2. The number of allylic oxidation sites excluding steroid dienone is 2. The summed E-state index contributed by atoms with van der Waals surface area (Å²) in [6.45, 7) is 2.06.